The maximum Gasteiger partial charge on any atom is 0.306 e. The molecular formula is C31H42O5Si. The van der Waals surface area contributed by atoms with E-state index in [2.05, 4.69) is 88.4 Å². The van der Waals surface area contributed by atoms with Crippen LogP contribution in [0.1, 0.15) is 67.2 Å². The molecule has 2 aromatic rings. The Balaban J connectivity index is 1.76. The van der Waals surface area contributed by atoms with E-state index >= 15 is 0 Å². The number of hydrogen-bond acceptors (Lipinski definition) is 5. The summed E-state index contributed by atoms with van der Waals surface area (Å²) in [7, 11) is -2.79. The highest BCUT2D eigenvalue weighted by molar-refractivity contribution is 6.99. The van der Waals surface area contributed by atoms with Gasteiger partial charge in [0.25, 0.3) is 8.32 Å². The number of ether oxygens (including phenoxy) is 3. The summed E-state index contributed by atoms with van der Waals surface area (Å²) in [6.45, 7) is 12.7. The number of carbonyl (C=O) groups excluding carboxylic acids is 1. The number of rotatable bonds is 6. The van der Waals surface area contributed by atoms with Crippen molar-refractivity contribution in [1.82, 2.24) is 0 Å². The minimum absolute atomic E-state index is 0.164. The predicted molar refractivity (Wildman–Crippen MR) is 149 cm³/mol. The van der Waals surface area contributed by atoms with Gasteiger partial charge in [-0.15, -0.1) is 0 Å². The zero-order chi connectivity index (χ0) is 26.7. The third-order valence-electron chi connectivity index (χ3n) is 7.28. The van der Waals surface area contributed by atoms with Gasteiger partial charge >= 0.3 is 5.97 Å². The number of carbonyl (C=O) groups is 1. The molecule has 37 heavy (non-hydrogen) atoms. The van der Waals surface area contributed by atoms with Crippen LogP contribution in [0.2, 0.25) is 5.04 Å². The molecule has 0 saturated carbocycles. The van der Waals surface area contributed by atoms with Gasteiger partial charge in [0.15, 0.2) is 5.79 Å². The van der Waals surface area contributed by atoms with Crippen LogP contribution in [0.3, 0.4) is 0 Å². The highest BCUT2D eigenvalue weighted by atomic mass is 28.4. The van der Waals surface area contributed by atoms with Gasteiger partial charge in [0.05, 0.1) is 6.10 Å². The van der Waals surface area contributed by atoms with E-state index in [9.17, 15) is 4.79 Å². The summed E-state index contributed by atoms with van der Waals surface area (Å²) in [4.78, 5) is 13.0. The van der Waals surface area contributed by atoms with Crippen molar-refractivity contribution in [2.75, 3.05) is 0 Å². The maximum atomic E-state index is 13.0. The Morgan fingerprint density at radius 1 is 0.946 bits per heavy atom. The molecule has 6 heteroatoms. The standard InChI is InChI=1S/C31H42O5Si/c1-7-14-26-29-27(34-31(5,6)35-29)21-19-23(20-22-28(32)33-26)36-37(30(2,3)4,24-15-10-8-11-16-24)25-17-12-9-13-18-25/h8-13,15-19,21,23,26-27,29H,7,14,20,22H2,1-6H3/b21-19+/t23-,26?,27-,29+/m0/s1. The Hall–Kier alpha value is -2.25. The van der Waals surface area contributed by atoms with Crippen LogP contribution in [0, 0.1) is 0 Å². The average molecular weight is 523 g/mol. The summed E-state index contributed by atoms with van der Waals surface area (Å²) < 4.78 is 25.8. The molecule has 1 saturated heterocycles. The summed E-state index contributed by atoms with van der Waals surface area (Å²) >= 11 is 0. The van der Waals surface area contributed by atoms with Gasteiger partial charge in [-0.1, -0.05) is 107 Å². The van der Waals surface area contributed by atoms with E-state index in [0.29, 0.717) is 6.42 Å². The molecule has 2 aliphatic rings. The Kier molecular flexibility index (Phi) is 8.44. The zero-order valence-corrected chi connectivity index (χ0v) is 24.1. The van der Waals surface area contributed by atoms with E-state index in [1.807, 2.05) is 26.0 Å². The van der Waals surface area contributed by atoms with Crippen molar-refractivity contribution in [3.05, 3.63) is 72.8 Å². The first kappa shape index (κ1) is 27.8. The van der Waals surface area contributed by atoms with E-state index in [4.69, 9.17) is 18.6 Å². The molecule has 1 fully saturated rings. The summed E-state index contributed by atoms with van der Waals surface area (Å²) in [5.41, 5.74) is 0. The molecule has 1 unspecified atom stereocenters. The Bertz CT molecular complexity index is 1020. The highest BCUT2D eigenvalue weighted by Gasteiger charge is 2.51. The summed E-state index contributed by atoms with van der Waals surface area (Å²) in [6, 6.07) is 21.2. The largest absolute Gasteiger partial charge is 0.459 e. The number of esters is 1. The SMILES string of the molecule is CCCC1OC(=O)CC[C@@H](O[Si](c2ccccc2)(c2ccccc2)C(C)(C)C)/C=C/[C@@H]2OC(C)(C)O[C@H]12. The van der Waals surface area contributed by atoms with Gasteiger partial charge in [0.1, 0.15) is 18.3 Å². The van der Waals surface area contributed by atoms with E-state index in [1.165, 1.54) is 10.4 Å². The van der Waals surface area contributed by atoms with E-state index < -0.39 is 14.1 Å². The van der Waals surface area contributed by atoms with Gasteiger partial charge in [-0.2, -0.15) is 0 Å². The molecule has 0 aliphatic carbocycles. The lowest BCUT2D eigenvalue weighted by Gasteiger charge is -2.45. The summed E-state index contributed by atoms with van der Waals surface area (Å²) in [6.07, 6.45) is 5.36. The predicted octanol–water partition coefficient (Wildman–Crippen LogP) is 5.51. The van der Waals surface area contributed by atoms with Crippen LogP contribution in [-0.2, 0) is 23.4 Å². The van der Waals surface area contributed by atoms with Crippen molar-refractivity contribution in [2.24, 2.45) is 0 Å². The number of benzene rings is 2. The van der Waals surface area contributed by atoms with Gasteiger partial charge in [-0.3, -0.25) is 4.79 Å². The number of fused-ring (bicyclic) bond motifs is 1. The minimum Gasteiger partial charge on any atom is -0.459 e. The van der Waals surface area contributed by atoms with Crippen molar-refractivity contribution in [3.8, 4) is 0 Å². The smallest absolute Gasteiger partial charge is 0.306 e. The van der Waals surface area contributed by atoms with Crippen LogP contribution in [0.25, 0.3) is 0 Å². The van der Waals surface area contributed by atoms with Gasteiger partial charge in [0.2, 0.25) is 0 Å². The lowest BCUT2D eigenvalue weighted by molar-refractivity contribution is -0.171. The van der Waals surface area contributed by atoms with E-state index in [1.54, 1.807) is 0 Å². The first-order valence-electron chi connectivity index (χ1n) is 13.6. The molecule has 0 spiro atoms. The molecule has 0 bridgehead atoms. The first-order chi connectivity index (χ1) is 17.6. The van der Waals surface area contributed by atoms with Crippen molar-refractivity contribution in [1.29, 1.82) is 0 Å². The molecule has 0 amide bonds. The third-order valence-corrected chi connectivity index (χ3v) is 12.3. The van der Waals surface area contributed by atoms with Crippen molar-refractivity contribution >= 4 is 24.7 Å². The molecule has 0 N–H and O–H groups in total. The quantitative estimate of drug-likeness (QED) is 0.284. The topological polar surface area (TPSA) is 54.0 Å². The summed E-state index contributed by atoms with van der Waals surface area (Å²) in [5, 5.41) is 2.26. The van der Waals surface area contributed by atoms with Crippen molar-refractivity contribution in [2.45, 2.75) is 102 Å². The minimum atomic E-state index is -2.79. The second-order valence-electron chi connectivity index (χ2n) is 11.6. The Morgan fingerprint density at radius 3 is 2.08 bits per heavy atom. The molecule has 2 aromatic carbocycles. The van der Waals surface area contributed by atoms with Crippen LogP contribution in [0.15, 0.2) is 72.8 Å². The highest BCUT2D eigenvalue weighted by Crippen LogP contribution is 2.39. The van der Waals surface area contributed by atoms with E-state index in [0.717, 1.165) is 12.8 Å². The third kappa shape index (κ3) is 6.09. The van der Waals surface area contributed by atoms with Crippen molar-refractivity contribution < 1.29 is 23.4 Å². The molecule has 4 atom stereocenters. The molecule has 200 valence electrons. The molecule has 0 radical (unpaired) electrons. The molecular weight excluding hydrogens is 480 g/mol. The Morgan fingerprint density at radius 2 is 1.54 bits per heavy atom. The van der Waals surface area contributed by atoms with Gasteiger partial charge in [-0.25, -0.2) is 0 Å². The fourth-order valence-electron chi connectivity index (χ4n) is 5.66. The molecule has 4 rings (SSSR count). The van der Waals surface area contributed by atoms with Gasteiger partial charge < -0.3 is 18.6 Å². The first-order valence-corrected chi connectivity index (χ1v) is 15.5. The molecule has 5 nitrogen and oxygen atoms in total. The van der Waals surface area contributed by atoms with Crippen LogP contribution in [0.4, 0.5) is 0 Å². The lowest BCUT2D eigenvalue weighted by atomic mass is 10.0. The van der Waals surface area contributed by atoms with Gasteiger partial charge in [-0.05, 0) is 42.1 Å². The van der Waals surface area contributed by atoms with Crippen LogP contribution in [-0.4, -0.2) is 44.5 Å². The maximum absolute atomic E-state index is 13.0. The normalized spacial score (nSPS) is 27.2. The van der Waals surface area contributed by atoms with Crippen LogP contribution in [0.5, 0.6) is 0 Å². The molecule has 0 aromatic heterocycles. The van der Waals surface area contributed by atoms with E-state index in [-0.39, 0.29) is 41.8 Å². The molecule has 2 aliphatic heterocycles. The van der Waals surface area contributed by atoms with Crippen LogP contribution < -0.4 is 10.4 Å². The zero-order valence-electron chi connectivity index (χ0n) is 23.1. The lowest BCUT2D eigenvalue weighted by Crippen LogP contribution is -2.67. The fraction of sp³-hybridized carbons (Fsp3) is 0.516. The van der Waals surface area contributed by atoms with Gasteiger partial charge in [0, 0.05) is 6.42 Å². The Labute approximate surface area is 223 Å². The summed E-state index contributed by atoms with van der Waals surface area (Å²) in [5.74, 6) is -0.961. The fourth-order valence-corrected chi connectivity index (χ4v) is 10.3. The average Bonchev–Trinajstić information content (AvgIpc) is 3.17. The number of hydrogen-bond donors (Lipinski definition) is 0. The molecule has 2 heterocycles. The second-order valence-corrected chi connectivity index (χ2v) is 15.9. The number of cyclic esters (lactones) is 1. The van der Waals surface area contributed by atoms with Crippen molar-refractivity contribution in [3.63, 3.8) is 0 Å². The van der Waals surface area contributed by atoms with Crippen LogP contribution >= 0.6 is 0 Å². The monoisotopic (exact) mass is 522 g/mol. The second kappa shape index (κ2) is 11.2.